The zero-order valence-electron chi connectivity index (χ0n) is 57.6. The van der Waals surface area contributed by atoms with Crippen LogP contribution in [0.4, 0.5) is 0 Å². The molecule has 514 valence electrons. The van der Waals surface area contributed by atoms with Crippen molar-refractivity contribution in [3.8, 4) is 5.75 Å². The Kier molecular flexibility index (Phi) is 44.9. The summed E-state index contributed by atoms with van der Waals surface area (Å²) in [6.45, 7) is 44.1. The molecular weight excluding hydrogens is 1130 g/mol. The van der Waals surface area contributed by atoms with Crippen molar-refractivity contribution in [3.05, 3.63) is 30.3 Å². The Morgan fingerprint density at radius 1 is 0.322 bits per heavy atom. The molecule has 0 aliphatic heterocycles. The molecule has 0 spiro atoms. The van der Waals surface area contributed by atoms with Crippen LogP contribution in [0.3, 0.4) is 0 Å². The van der Waals surface area contributed by atoms with Gasteiger partial charge in [-0.1, -0.05) is 18.2 Å². The molecule has 20 unspecified atom stereocenters. The van der Waals surface area contributed by atoms with Gasteiger partial charge in [0.05, 0.1) is 234 Å². The van der Waals surface area contributed by atoms with E-state index in [1.807, 2.05) is 148 Å². The topological polar surface area (TPSA) is 194 Å². The molecule has 0 aromatic heterocycles. The average Bonchev–Trinajstić information content (AvgIpc) is 3.23. The molecule has 0 amide bonds. The summed E-state index contributed by atoms with van der Waals surface area (Å²) in [4.78, 5) is 0. The first-order valence-electron chi connectivity index (χ1n) is 32.2. The molecule has 1 saturated carbocycles. The monoisotopic (exact) mass is 1250 g/mol. The predicted molar refractivity (Wildman–Crippen MR) is 335 cm³/mol. The average molecular weight is 1250 g/mol. The van der Waals surface area contributed by atoms with Crippen molar-refractivity contribution in [2.24, 2.45) is 0 Å². The van der Waals surface area contributed by atoms with E-state index in [9.17, 15) is 0 Å². The van der Waals surface area contributed by atoms with Gasteiger partial charge in [-0.2, -0.15) is 0 Å². The van der Waals surface area contributed by atoms with E-state index >= 15 is 0 Å². The fourth-order valence-corrected chi connectivity index (χ4v) is 8.41. The van der Waals surface area contributed by atoms with Crippen molar-refractivity contribution in [2.75, 3.05) is 140 Å². The molecular formula is C66H124O21. The SMILES string of the molecule is COC(C)COCC(C)OCC(C)OC(C)COC(C)COC(C)COCC(C)OCC(C)OC(C)COCC(COc1ccccc1)OCC(C)OC(C)COC(C)COCC(C)OCC(C)OCC(C)OC(C)COC1(C)CC1OCC(C)OC. The lowest BCUT2D eigenvalue weighted by molar-refractivity contribution is -0.125. The van der Waals surface area contributed by atoms with Crippen LogP contribution >= 0.6 is 0 Å². The van der Waals surface area contributed by atoms with E-state index in [1.165, 1.54) is 0 Å². The molecule has 0 bridgehead atoms. The Hall–Kier alpha value is -1.78. The summed E-state index contributed by atoms with van der Waals surface area (Å²) >= 11 is 0. The van der Waals surface area contributed by atoms with Gasteiger partial charge in [0.15, 0.2) is 0 Å². The second-order valence-electron chi connectivity index (χ2n) is 24.5. The first kappa shape index (κ1) is 81.3. The number of para-hydroxylation sites is 1. The minimum atomic E-state index is -0.349. The van der Waals surface area contributed by atoms with Crippen LogP contribution in [0.2, 0.25) is 0 Å². The molecule has 0 heterocycles. The largest absolute Gasteiger partial charge is 0.491 e. The molecule has 1 fully saturated rings. The van der Waals surface area contributed by atoms with Crippen LogP contribution in [0.5, 0.6) is 5.75 Å². The Bertz CT molecular complexity index is 1740. The molecule has 87 heavy (non-hydrogen) atoms. The standard InChI is InChI=1S/C66H124O21/c1-46(67-19)27-69-28-50(5)76-38-57(12)85-59(14)40-78-53(8)35-73-48(3)29-70-31-51(6)75-37-56(11)84-55(10)33-72-44-64(45-81-63-24-22-21-23-25-63)80-42-61(16)86-58(13)39-77-52(7)32-71-30-49(4)74-36-54(9)79-41-60(15)87-62(17)43-83-66(18)26-65(66)82-34-47(2)68-20/h21-25,46-62,64-65H,26-45H2,1-20H3. The summed E-state index contributed by atoms with van der Waals surface area (Å²) in [5.41, 5.74) is -0.269. The predicted octanol–water partition coefficient (Wildman–Crippen LogP) is 9.16. The minimum absolute atomic E-state index is 0.0383. The molecule has 1 aliphatic carbocycles. The van der Waals surface area contributed by atoms with Crippen molar-refractivity contribution in [1.82, 2.24) is 0 Å². The zero-order chi connectivity index (χ0) is 64.6. The lowest BCUT2D eigenvalue weighted by atomic mass is 10.3. The van der Waals surface area contributed by atoms with E-state index < -0.39 is 0 Å². The van der Waals surface area contributed by atoms with Crippen LogP contribution in [0.1, 0.15) is 131 Å². The van der Waals surface area contributed by atoms with E-state index in [1.54, 1.807) is 14.2 Å². The molecule has 1 aliphatic rings. The van der Waals surface area contributed by atoms with Crippen molar-refractivity contribution in [3.63, 3.8) is 0 Å². The summed E-state index contributed by atoms with van der Waals surface area (Å²) in [7, 11) is 3.36. The number of benzene rings is 1. The maximum atomic E-state index is 6.32. The maximum absolute atomic E-state index is 6.32. The fourth-order valence-electron chi connectivity index (χ4n) is 8.41. The second kappa shape index (κ2) is 48.0. The summed E-state index contributed by atoms with van der Waals surface area (Å²) in [6.07, 6.45) is -1.08. The number of rotatable bonds is 59. The van der Waals surface area contributed by atoms with E-state index in [4.69, 9.17) is 99.5 Å². The first-order chi connectivity index (χ1) is 41.4. The summed E-state index contributed by atoms with van der Waals surface area (Å²) in [5.74, 6) is 0.754. The van der Waals surface area contributed by atoms with Gasteiger partial charge in [0.1, 0.15) is 18.5 Å². The van der Waals surface area contributed by atoms with Crippen LogP contribution in [0.15, 0.2) is 30.3 Å². The summed E-state index contributed by atoms with van der Waals surface area (Å²) < 4.78 is 125. The van der Waals surface area contributed by atoms with Gasteiger partial charge >= 0.3 is 0 Å². The van der Waals surface area contributed by atoms with E-state index in [0.717, 1.165) is 12.2 Å². The first-order valence-corrected chi connectivity index (χ1v) is 32.2. The van der Waals surface area contributed by atoms with Crippen LogP contribution in [0, 0.1) is 0 Å². The minimum Gasteiger partial charge on any atom is -0.491 e. The van der Waals surface area contributed by atoms with Gasteiger partial charge in [-0.05, 0) is 137 Å². The van der Waals surface area contributed by atoms with E-state index in [2.05, 4.69) is 6.92 Å². The van der Waals surface area contributed by atoms with Gasteiger partial charge < -0.3 is 99.5 Å². The highest BCUT2D eigenvalue weighted by Gasteiger charge is 2.53. The van der Waals surface area contributed by atoms with Gasteiger partial charge in [-0.15, -0.1) is 0 Å². The van der Waals surface area contributed by atoms with Gasteiger partial charge in [0, 0.05) is 20.6 Å². The third kappa shape index (κ3) is 42.9. The van der Waals surface area contributed by atoms with Gasteiger partial charge in [-0.3, -0.25) is 0 Å². The van der Waals surface area contributed by atoms with Crippen LogP contribution < -0.4 is 4.74 Å². The lowest BCUT2D eigenvalue weighted by Gasteiger charge is -2.25. The number of ether oxygens (including phenoxy) is 21. The van der Waals surface area contributed by atoms with Gasteiger partial charge in [-0.25, -0.2) is 0 Å². The number of hydrogen-bond acceptors (Lipinski definition) is 21. The fraction of sp³-hybridized carbons (Fsp3) is 0.909. The van der Waals surface area contributed by atoms with Gasteiger partial charge in [0.2, 0.25) is 0 Å². The normalized spacial score (nSPS) is 21.7. The molecule has 21 nitrogen and oxygen atoms in total. The number of methoxy groups -OCH3 is 2. The van der Waals surface area contributed by atoms with Crippen molar-refractivity contribution >= 4 is 0 Å². The summed E-state index contributed by atoms with van der Waals surface area (Å²) in [5, 5.41) is 0. The molecule has 2 rings (SSSR count). The highest BCUT2D eigenvalue weighted by molar-refractivity contribution is 5.20. The molecule has 0 radical (unpaired) electrons. The van der Waals surface area contributed by atoms with Crippen LogP contribution in [-0.4, -0.2) is 261 Å². The third-order valence-corrected chi connectivity index (χ3v) is 13.8. The summed E-state index contributed by atoms with van der Waals surface area (Å²) in [6, 6.07) is 9.66. The highest BCUT2D eigenvalue weighted by Crippen LogP contribution is 2.42. The Morgan fingerprint density at radius 2 is 0.609 bits per heavy atom. The lowest BCUT2D eigenvalue weighted by Crippen LogP contribution is -2.34. The molecule has 21 heteroatoms. The van der Waals surface area contributed by atoms with E-state index in [-0.39, 0.29) is 122 Å². The molecule has 0 saturated heterocycles. The van der Waals surface area contributed by atoms with Crippen molar-refractivity contribution in [2.45, 2.75) is 253 Å². The van der Waals surface area contributed by atoms with Gasteiger partial charge in [0.25, 0.3) is 0 Å². The maximum Gasteiger partial charge on any atom is 0.119 e. The van der Waals surface area contributed by atoms with E-state index in [0.29, 0.717) is 126 Å². The Morgan fingerprint density at radius 3 is 0.989 bits per heavy atom. The third-order valence-electron chi connectivity index (χ3n) is 13.8. The molecule has 1 aromatic rings. The molecule has 1 aromatic carbocycles. The van der Waals surface area contributed by atoms with Crippen LogP contribution in [-0.2, 0) is 94.7 Å². The molecule has 20 atom stereocenters. The highest BCUT2D eigenvalue weighted by atomic mass is 16.6. The molecule has 0 N–H and O–H groups in total. The Labute approximate surface area is 526 Å². The van der Waals surface area contributed by atoms with Crippen molar-refractivity contribution < 1.29 is 99.5 Å². The Balaban J connectivity index is 1.57. The zero-order valence-corrected chi connectivity index (χ0v) is 57.6. The smallest absolute Gasteiger partial charge is 0.119 e. The number of hydrogen-bond donors (Lipinski definition) is 0. The quantitative estimate of drug-likeness (QED) is 0.0598. The van der Waals surface area contributed by atoms with Crippen molar-refractivity contribution in [1.29, 1.82) is 0 Å². The van der Waals surface area contributed by atoms with Crippen LogP contribution in [0.25, 0.3) is 0 Å². The second-order valence-corrected chi connectivity index (χ2v) is 24.5.